The molecule has 0 aliphatic rings. The Labute approximate surface area is 115 Å². The third-order valence-electron chi connectivity index (χ3n) is 2.77. The lowest BCUT2D eigenvalue weighted by atomic mass is 10.2. The number of phenolic OH excluding ortho intramolecular Hbond substituents is 1. The van der Waals surface area contributed by atoms with E-state index in [2.05, 4.69) is 11.8 Å². The molecule has 1 unspecified atom stereocenters. The zero-order valence-electron chi connectivity index (χ0n) is 11.6. The van der Waals surface area contributed by atoms with Crippen LogP contribution >= 0.6 is 7.37 Å². The minimum Gasteiger partial charge on any atom is -0.507 e. The summed E-state index contributed by atoms with van der Waals surface area (Å²) in [4.78, 5) is 0. The maximum Gasteiger partial charge on any atom is 0.202 e. The van der Waals surface area contributed by atoms with Gasteiger partial charge in [-0.1, -0.05) is 30.9 Å². The lowest BCUT2D eigenvalue weighted by Gasteiger charge is -2.14. The number of rotatable bonds is 6. The highest BCUT2D eigenvalue weighted by molar-refractivity contribution is 7.58. The molecule has 0 saturated carbocycles. The van der Waals surface area contributed by atoms with Crippen molar-refractivity contribution in [2.24, 2.45) is 0 Å². The van der Waals surface area contributed by atoms with Crippen molar-refractivity contribution in [1.82, 2.24) is 0 Å². The highest BCUT2D eigenvalue weighted by Crippen LogP contribution is 2.46. The molecule has 104 valence electrons. The lowest BCUT2D eigenvalue weighted by Crippen LogP contribution is -1.97. The van der Waals surface area contributed by atoms with Crippen LogP contribution in [-0.2, 0) is 9.09 Å². The van der Waals surface area contributed by atoms with E-state index in [1.54, 1.807) is 18.2 Å². The maximum atomic E-state index is 12.2. The van der Waals surface area contributed by atoms with Gasteiger partial charge in [0.2, 0.25) is 7.37 Å². The molecule has 0 amide bonds. The number of phenols is 1. The predicted octanol–water partition coefficient (Wildman–Crippen LogP) is 3.86. The van der Waals surface area contributed by atoms with E-state index < -0.39 is 7.37 Å². The normalized spacial score (nSPS) is 13.4. The molecule has 0 fully saturated rings. The van der Waals surface area contributed by atoms with Crippen molar-refractivity contribution in [1.29, 1.82) is 0 Å². The third-order valence-corrected chi connectivity index (χ3v) is 5.46. The van der Waals surface area contributed by atoms with Crippen LogP contribution in [0.1, 0.15) is 32.3 Å². The van der Waals surface area contributed by atoms with Crippen molar-refractivity contribution in [3.05, 3.63) is 29.8 Å². The van der Waals surface area contributed by atoms with Crippen LogP contribution in [0.3, 0.4) is 0 Å². The van der Waals surface area contributed by atoms with Crippen molar-refractivity contribution in [2.75, 3.05) is 18.9 Å². The molecule has 0 heterocycles. The topological polar surface area (TPSA) is 46.5 Å². The average Bonchev–Trinajstić information content (AvgIpc) is 2.41. The zero-order valence-corrected chi connectivity index (χ0v) is 12.5. The van der Waals surface area contributed by atoms with Crippen LogP contribution in [0.4, 0.5) is 0 Å². The molecular weight excluding hydrogens is 259 g/mol. The summed E-state index contributed by atoms with van der Waals surface area (Å²) in [5.41, 5.74) is 0.631. The number of hydrogen-bond donors (Lipinski definition) is 1. The van der Waals surface area contributed by atoms with Gasteiger partial charge in [-0.25, -0.2) is 0 Å². The van der Waals surface area contributed by atoms with Gasteiger partial charge in [0.25, 0.3) is 0 Å². The molecule has 4 heteroatoms. The van der Waals surface area contributed by atoms with Crippen LogP contribution in [0.15, 0.2) is 24.3 Å². The molecule has 0 radical (unpaired) electrons. The molecule has 0 spiro atoms. The van der Waals surface area contributed by atoms with Crippen LogP contribution in [-0.4, -0.2) is 24.0 Å². The first-order chi connectivity index (χ1) is 9.11. The third kappa shape index (κ3) is 5.51. The first-order valence-corrected chi connectivity index (χ1v) is 8.60. The number of benzene rings is 1. The Morgan fingerprint density at radius 1 is 1.32 bits per heavy atom. The van der Waals surface area contributed by atoms with E-state index in [4.69, 9.17) is 4.52 Å². The minimum absolute atomic E-state index is 0.198. The predicted molar refractivity (Wildman–Crippen MR) is 78.9 cm³/mol. The smallest absolute Gasteiger partial charge is 0.202 e. The van der Waals surface area contributed by atoms with Crippen molar-refractivity contribution >= 4 is 7.37 Å². The SMILES string of the molecule is CCOP(=O)(CC)CCCC#Cc1ccccc1O. The van der Waals surface area contributed by atoms with Gasteiger partial charge in [0.1, 0.15) is 5.75 Å². The van der Waals surface area contributed by atoms with E-state index in [0.717, 1.165) is 6.42 Å². The molecule has 1 aromatic carbocycles. The molecule has 3 nitrogen and oxygen atoms in total. The lowest BCUT2D eigenvalue weighted by molar-refractivity contribution is 0.333. The summed E-state index contributed by atoms with van der Waals surface area (Å²) in [6.45, 7) is 4.25. The minimum atomic E-state index is -2.44. The van der Waals surface area contributed by atoms with Gasteiger partial charge in [-0.15, -0.1) is 0 Å². The number of aromatic hydroxyl groups is 1. The Bertz CT molecular complexity index is 500. The Morgan fingerprint density at radius 3 is 2.68 bits per heavy atom. The van der Waals surface area contributed by atoms with Gasteiger partial charge in [-0.2, -0.15) is 0 Å². The quantitative estimate of drug-likeness (QED) is 0.489. The standard InChI is InChI=1S/C15H21O3P/c1-3-18-19(17,4-2)13-9-5-6-10-14-11-7-8-12-15(14)16/h7-8,11-12,16H,3-5,9,13H2,1-2H3. The molecule has 1 rings (SSSR count). The van der Waals surface area contributed by atoms with E-state index in [1.165, 1.54) is 0 Å². The molecule has 19 heavy (non-hydrogen) atoms. The van der Waals surface area contributed by atoms with Crippen LogP contribution in [0.5, 0.6) is 5.75 Å². The second-order valence-corrected chi connectivity index (χ2v) is 7.16. The highest BCUT2D eigenvalue weighted by atomic mass is 31.2. The van der Waals surface area contributed by atoms with Gasteiger partial charge in [-0.3, -0.25) is 4.57 Å². The Hall–Kier alpha value is -1.23. The van der Waals surface area contributed by atoms with Crippen molar-refractivity contribution in [3.8, 4) is 17.6 Å². The summed E-state index contributed by atoms with van der Waals surface area (Å²) in [7, 11) is -2.44. The maximum absolute atomic E-state index is 12.2. The van der Waals surface area contributed by atoms with Gasteiger partial charge in [0.15, 0.2) is 0 Å². The summed E-state index contributed by atoms with van der Waals surface area (Å²) in [6.07, 6.45) is 2.57. The summed E-state index contributed by atoms with van der Waals surface area (Å²) < 4.78 is 17.5. The monoisotopic (exact) mass is 280 g/mol. The molecule has 0 bridgehead atoms. The Balaban J connectivity index is 2.44. The molecule has 0 saturated heterocycles. The van der Waals surface area contributed by atoms with E-state index >= 15 is 0 Å². The number of hydrogen-bond acceptors (Lipinski definition) is 3. The molecular formula is C15H21O3P. The molecule has 1 atom stereocenters. The number of para-hydroxylation sites is 1. The summed E-state index contributed by atoms with van der Waals surface area (Å²) in [5, 5.41) is 9.54. The highest BCUT2D eigenvalue weighted by Gasteiger charge is 2.18. The molecule has 0 aliphatic heterocycles. The molecule has 0 aromatic heterocycles. The van der Waals surface area contributed by atoms with Crippen LogP contribution < -0.4 is 0 Å². The van der Waals surface area contributed by atoms with Gasteiger partial charge in [0, 0.05) is 18.7 Å². The summed E-state index contributed by atoms with van der Waals surface area (Å²) in [5.74, 6) is 6.11. The van der Waals surface area contributed by atoms with Crippen molar-refractivity contribution in [2.45, 2.75) is 26.7 Å². The fraction of sp³-hybridized carbons (Fsp3) is 0.467. The van der Waals surface area contributed by atoms with E-state index in [1.807, 2.05) is 19.9 Å². The van der Waals surface area contributed by atoms with Gasteiger partial charge < -0.3 is 9.63 Å². The molecule has 0 aliphatic carbocycles. The van der Waals surface area contributed by atoms with E-state index in [9.17, 15) is 9.67 Å². The fourth-order valence-corrected chi connectivity index (χ4v) is 3.43. The second-order valence-electron chi connectivity index (χ2n) is 4.19. The first-order valence-electron chi connectivity index (χ1n) is 6.61. The van der Waals surface area contributed by atoms with Gasteiger partial charge in [0.05, 0.1) is 12.2 Å². The molecule has 1 aromatic rings. The van der Waals surface area contributed by atoms with Gasteiger partial charge >= 0.3 is 0 Å². The van der Waals surface area contributed by atoms with Crippen molar-refractivity contribution < 1.29 is 14.2 Å². The zero-order chi connectivity index (χ0) is 14.1. The average molecular weight is 280 g/mol. The summed E-state index contributed by atoms with van der Waals surface area (Å²) >= 11 is 0. The largest absolute Gasteiger partial charge is 0.507 e. The molecule has 1 N–H and O–H groups in total. The Morgan fingerprint density at radius 2 is 2.05 bits per heavy atom. The Kier molecular flexibility index (Phi) is 6.70. The first kappa shape index (κ1) is 15.8. The van der Waals surface area contributed by atoms with Crippen molar-refractivity contribution in [3.63, 3.8) is 0 Å². The van der Waals surface area contributed by atoms with Gasteiger partial charge in [-0.05, 0) is 25.5 Å². The number of unbranched alkanes of at least 4 members (excludes halogenated alkanes) is 1. The van der Waals surface area contributed by atoms with Crippen LogP contribution in [0, 0.1) is 11.8 Å². The van der Waals surface area contributed by atoms with Crippen LogP contribution in [0.25, 0.3) is 0 Å². The summed E-state index contributed by atoms with van der Waals surface area (Å²) in [6, 6.07) is 6.99. The van der Waals surface area contributed by atoms with Crippen LogP contribution in [0.2, 0.25) is 0 Å². The fourth-order valence-electron chi connectivity index (χ4n) is 1.69. The second kappa shape index (κ2) is 8.04. The van der Waals surface area contributed by atoms with E-state index in [0.29, 0.717) is 30.9 Å². The van der Waals surface area contributed by atoms with E-state index in [-0.39, 0.29) is 5.75 Å².